The van der Waals surface area contributed by atoms with Crippen LogP contribution in [0.5, 0.6) is 0 Å². The Morgan fingerprint density at radius 2 is 1.30 bits per heavy atom. The molecular formula is C36H30Cl2N10O2. The van der Waals surface area contributed by atoms with Gasteiger partial charge in [-0.1, -0.05) is 29.3 Å². The molecule has 0 amide bonds. The first-order valence-electron chi connectivity index (χ1n) is 15.9. The summed E-state index contributed by atoms with van der Waals surface area (Å²) in [4.78, 5) is 45.6. The molecule has 50 heavy (non-hydrogen) atoms. The average molecular weight is 706 g/mol. The van der Waals surface area contributed by atoms with Gasteiger partial charge in [0.1, 0.15) is 16.9 Å². The number of halogens is 2. The number of hydrogen-bond donors (Lipinski definition) is 2. The molecule has 0 bridgehead atoms. The van der Waals surface area contributed by atoms with Crippen molar-refractivity contribution in [3.05, 3.63) is 115 Å². The van der Waals surface area contributed by atoms with Gasteiger partial charge in [0.15, 0.2) is 11.6 Å². The molecule has 0 aliphatic carbocycles. The predicted octanol–water partition coefficient (Wildman–Crippen LogP) is 6.52. The molecule has 0 aliphatic rings. The Kier molecular flexibility index (Phi) is 7.57. The molecule has 12 nitrogen and oxygen atoms in total. The van der Waals surface area contributed by atoms with Crippen LogP contribution in [0.15, 0.2) is 82.5 Å². The molecule has 250 valence electrons. The number of benzene rings is 2. The van der Waals surface area contributed by atoms with Crippen molar-refractivity contribution in [1.29, 1.82) is 0 Å². The third kappa shape index (κ3) is 4.90. The summed E-state index contributed by atoms with van der Waals surface area (Å²) >= 11 is 12.9. The number of fused-ring (bicyclic) bond motifs is 6. The van der Waals surface area contributed by atoms with Crippen LogP contribution in [-0.4, -0.2) is 44.7 Å². The van der Waals surface area contributed by atoms with E-state index in [1.54, 1.807) is 22.9 Å². The summed E-state index contributed by atoms with van der Waals surface area (Å²) in [6.45, 7) is 4.67. The van der Waals surface area contributed by atoms with Gasteiger partial charge in [0, 0.05) is 47.7 Å². The van der Waals surface area contributed by atoms with Gasteiger partial charge in [-0.2, -0.15) is 9.97 Å². The molecule has 0 fully saturated rings. The van der Waals surface area contributed by atoms with E-state index in [0.29, 0.717) is 67.7 Å². The van der Waals surface area contributed by atoms with Crippen molar-refractivity contribution in [2.45, 2.75) is 20.4 Å². The second-order valence-corrected chi connectivity index (χ2v) is 12.8. The van der Waals surface area contributed by atoms with Crippen molar-refractivity contribution in [3.63, 3.8) is 0 Å². The van der Waals surface area contributed by atoms with Crippen molar-refractivity contribution in [2.75, 3.05) is 17.2 Å². The van der Waals surface area contributed by atoms with Gasteiger partial charge in [0.2, 0.25) is 0 Å². The number of rotatable bonds is 7. The van der Waals surface area contributed by atoms with Crippen LogP contribution in [0.4, 0.5) is 11.6 Å². The molecule has 0 atom stereocenters. The van der Waals surface area contributed by atoms with E-state index in [2.05, 4.69) is 25.6 Å². The minimum absolute atomic E-state index is 0.254. The molecule has 14 heteroatoms. The summed E-state index contributed by atoms with van der Waals surface area (Å²) < 4.78 is 7.09. The van der Waals surface area contributed by atoms with Crippen LogP contribution in [0.2, 0.25) is 10.0 Å². The van der Waals surface area contributed by atoms with Gasteiger partial charge in [-0.15, -0.1) is 0 Å². The lowest BCUT2D eigenvalue weighted by Crippen LogP contribution is -2.25. The van der Waals surface area contributed by atoms with Crippen LogP contribution >= 0.6 is 23.2 Å². The van der Waals surface area contributed by atoms with E-state index in [4.69, 9.17) is 28.2 Å². The summed E-state index contributed by atoms with van der Waals surface area (Å²) in [7, 11) is 3.87. The first-order valence-corrected chi connectivity index (χ1v) is 16.7. The van der Waals surface area contributed by atoms with Crippen molar-refractivity contribution in [2.24, 2.45) is 14.1 Å². The second kappa shape index (κ2) is 12.0. The molecule has 8 rings (SSSR count). The molecule has 8 aromatic rings. The standard InChI is InChI=1S/C36H30Cl2N10O2/c1-5-39-33-31-29(23-16-20(37)9-12-26(23)45(31)3)47(35(49)43-33)25-14-11-22(42-19(25)2)18-41-34-32-30(24-17-21(38)10-13-27(24)46(32)4)48(36(50)44-34)28-8-6-7-15-40-28/h6-17H,5,18H2,1-4H3,(H,39,43,49)(H,41,44,50). The third-order valence-electron chi connectivity index (χ3n) is 8.98. The lowest BCUT2D eigenvalue weighted by molar-refractivity contribution is 0.896. The van der Waals surface area contributed by atoms with E-state index in [9.17, 15) is 9.59 Å². The predicted molar refractivity (Wildman–Crippen MR) is 199 cm³/mol. The topological polar surface area (TPSA) is 129 Å². The number of anilines is 2. The quantitative estimate of drug-likeness (QED) is 0.192. The van der Waals surface area contributed by atoms with Gasteiger partial charge in [-0.3, -0.25) is 9.55 Å². The lowest BCUT2D eigenvalue weighted by atomic mass is 10.2. The number of aromatic nitrogens is 8. The Morgan fingerprint density at radius 1 is 0.700 bits per heavy atom. The zero-order chi connectivity index (χ0) is 34.8. The number of nitrogens with one attached hydrogen (secondary N) is 2. The van der Waals surface area contributed by atoms with E-state index in [1.165, 1.54) is 4.57 Å². The Morgan fingerprint density at radius 3 is 1.88 bits per heavy atom. The van der Waals surface area contributed by atoms with Gasteiger partial charge in [0.25, 0.3) is 0 Å². The monoisotopic (exact) mass is 704 g/mol. The highest BCUT2D eigenvalue weighted by Crippen LogP contribution is 2.35. The molecule has 0 unspecified atom stereocenters. The molecule has 0 spiro atoms. The fourth-order valence-corrected chi connectivity index (χ4v) is 7.17. The van der Waals surface area contributed by atoms with Crippen molar-refractivity contribution in [3.8, 4) is 11.5 Å². The highest BCUT2D eigenvalue weighted by molar-refractivity contribution is 6.32. The van der Waals surface area contributed by atoms with Crippen LogP contribution in [-0.2, 0) is 20.6 Å². The molecule has 0 saturated carbocycles. The smallest absolute Gasteiger partial charge is 0.355 e. The Balaban J connectivity index is 1.23. The zero-order valence-electron chi connectivity index (χ0n) is 27.5. The maximum absolute atomic E-state index is 13.7. The van der Waals surface area contributed by atoms with Crippen LogP contribution in [0.3, 0.4) is 0 Å². The maximum Gasteiger partial charge on any atom is 0.355 e. The first-order chi connectivity index (χ1) is 24.2. The summed E-state index contributed by atoms with van der Waals surface area (Å²) in [5, 5.41) is 9.32. The summed E-state index contributed by atoms with van der Waals surface area (Å²) in [6, 6.07) is 20.3. The summed E-state index contributed by atoms with van der Waals surface area (Å²) in [5.74, 6) is 1.35. The van der Waals surface area contributed by atoms with Gasteiger partial charge in [-0.05, 0) is 74.5 Å². The van der Waals surface area contributed by atoms with Crippen LogP contribution in [0.1, 0.15) is 18.3 Å². The molecular weight excluding hydrogens is 675 g/mol. The molecule has 0 radical (unpaired) electrons. The molecule has 6 heterocycles. The van der Waals surface area contributed by atoms with Crippen LogP contribution in [0.25, 0.3) is 55.4 Å². The SMILES string of the molecule is CCNc1nc(=O)n(-c2ccc(CNc3nc(=O)n(-c4ccccn4)c4c5cc(Cl)ccc5n(C)c34)nc2C)c2c3cc(Cl)ccc3n(C)c12. The lowest BCUT2D eigenvalue weighted by Gasteiger charge is -2.15. The minimum atomic E-state index is -0.488. The Labute approximate surface area is 294 Å². The van der Waals surface area contributed by atoms with Gasteiger partial charge >= 0.3 is 11.4 Å². The van der Waals surface area contributed by atoms with Crippen molar-refractivity contribution < 1.29 is 0 Å². The Bertz CT molecular complexity index is 2780. The number of aryl methyl sites for hydroxylation is 3. The minimum Gasteiger partial charge on any atom is -0.368 e. The van der Waals surface area contributed by atoms with E-state index in [-0.39, 0.29) is 6.54 Å². The van der Waals surface area contributed by atoms with E-state index in [0.717, 1.165) is 27.3 Å². The Hall–Kier alpha value is -5.72. The van der Waals surface area contributed by atoms with Gasteiger partial charge in [-0.25, -0.2) is 19.1 Å². The number of pyridine rings is 2. The normalized spacial score (nSPS) is 11.7. The molecule has 0 saturated heterocycles. The fourth-order valence-electron chi connectivity index (χ4n) is 6.83. The molecule has 2 aromatic carbocycles. The van der Waals surface area contributed by atoms with Gasteiger partial charge < -0.3 is 19.8 Å². The van der Waals surface area contributed by atoms with Gasteiger partial charge in [0.05, 0.1) is 45.7 Å². The highest BCUT2D eigenvalue weighted by Gasteiger charge is 2.23. The van der Waals surface area contributed by atoms with Crippen LogP contribution < -0.4 is 22.0 Å². The fraction of sp³-hybridized carbons (Fsp3) is 0.167. The summed E-state index contributed by atoms with van der Waals surface area (Å²) in [5.41, 5.74) is 5.56. The third-order valence-corrected chi connectivity index (χ3v) is 9.45. The number of hydrogen-bond acceptors (Lipinski definition) is 8. The molecule has 0 aliphatic heterocycles. The molecule has 6 aromatic heterocycles. The average Bonchev–Trinajstić information content (AvgIpc) is 3.54. The summed E-state index contributed by atoms with van der Waals surface area (Å²) in [6.07, 6.45) is 1.64. The largest absolute Gasteiger partial charge is 0.368 e. The highest BCUT2D eigenvalue weighted by atomic mass is 35.5. The maximum atomic E-state index is 13.7. The molecule has 2 N–H and O–H groups in total. The van der Waals surface area contributed by atoms with E-state index < -0.39 is 11.4 Å². The number of nitrogens with zero attached hydrogens (tertiary/aromatic N) is 8. The van der Waals surface area contributed by atoms with Crippen molar-refractivity contribution >= 4 is 78.7 Å². The van der Waals surface area contributed by atoms with E-state index >= 15 is 0 Å². The second-order valence-electron chi connectivity index (χ2n) is 12.0. The van der Waals surface area contributed by atoms with Crippen LogP contribution in [0, 0.1) is 6.92 Å². The van der Waals surface area contributed by atoms with E-state index in [1.807, 2.05) is 91.7 Å². The van der Waals surface area contributed by atoms with Crippen molar-refractivity contribution in [1.82, 2.24) is 38.2 Å². The zero-order valence-corrected chi connectivity index (χ0v) is 29.0. The first kappa shape index (κ1) is 31.5.